The number of para-hydroxylation sites is 1. The summed E-state index contributed by atoms with van der Waals surface area (Å²) in [7, 11) is 0. The van der Waals surface area contributed by atoms with Gasteiger partial charge in [-0.15, -0.1) is 0 Å². The van der Waals surface area contributed by atoms with Gasteiger partial charge < -0.3 is 4.90 Å². The van der Waals surface area contributed by atoms with E-state index in [-0.39, 0.29) is 5.41 Å². The highest BCUT2D eigenvalue weighted by molar-refractivity contribution is 6.12. The Labute approximate surface area is 317 Å². The molecular weight excluding hydrogens is 651 g/mol. The fourth-order valence-electron chi connectivity index (χ4n) is 8.75. The molecule has 0 atom stereocenters. The van der Waals surface area contributed by atoms with E-state index in [2.05, 4.69) is 219 Å². The third-order valence-corrected chi connectivity index (χ3v) is 11.5. The second kappa shape index (κ2) is 12.8. The summed E-state index contributed by atoms with van der Waals surface area (Å²) in [6.07, 6.45) is 0. The molecule has 0 saturated heterocycles. The summed E-state index contributed by atoms with van der Waals surface area (Å²) in [5, 5.41) is 5.20. The predicted octanol–water partition coefficient (Wildman–Crippen LogP) is 14.8. The highest BCUT2D eigenvalue weighted by Gasteiger charge is 2.35. The number of hydrogen-bond donors (Lipinski definition) is 0. The molecule has 0 spiro atoms. The Bertz CT molecular complexity index is 2810. The summed E-state index contributed by atoms with van der Waals surface area (Å²) in [5.74, 6) is 0. The maximum atomic E-state index is 2.45. The van der Waals surface area contributed by atoms with Crippen molar-refractivity contribution in [1.29, 1.82) is 0 Å². The van der Waals surface area contributed by atoms with E-state index in [4.69, 9.17) is 0 Å². The van der Waals surface area contributed by atoms with Crippen LogP contribution < -0.4 is 4.90 Å². The summed E-state index contributed by atoms with van der Waals surface area (Å²) in [4.78, 5) is 2.34. The van der Waals surface area contributed by atoms with Crippen LogP contribution >= 0.6 is 0 Å². The molecule has 256 valence electrons. The number of hydrogen-bond acceptors (Lipinski definition) is 1. The molecule has 0 heterocycles. The molecule has 0 radical (unpaired) electrons. The molecule has 0 unspecified atom stereocenters. The molecule has 0 fully saturated rings. The number of rotatable bonds is 6. The minimum Gasteiger partial charge on any atom is -0.311 e. The van der Waals surface area contributed by atoms with Crippen molar-refractivity contribution < 1.29 is 0 Å². The molecule has 0 amide bonds. The van der Waals surface area contributed by atoms with E-state index in [1.54, 1.807) is 0 Å². The maximum absolute atomic E-state index is 2.45. The Morgan fingerprint density at radius 1 is 0.352 bits per heavy atom. The molecule has 9 aromatic carbocycles. The van der Waals surface area contributed by atoms with Gasteiger partial charge in [0.25, 0.3) is 0 Å². The van der Waals surface area contributed by atoms with E-state index in [1.165, 1.54) is 77.2 Å². The molecule has 0 aromatic heterocycles. The summed E-state index contributed by atoms with van der Waals surface area (Å²) < 4.78 is 0. The topological polar surface area (TPSA) is 3.24 Å². The van der Waals surface area contributed by atoms with Gasteiger partial charge in [-0.2, -0.15) is 0 Å². The lowest BCUT2D eigenvalue weighted by Crippen LogP contribution is -2.24. The smallest absolute Gasteiger partial charge is 0.0462 e. The molecule has 0 bridgehead atoms. The van der Waals surface area contributed by atoms with Crippen molar-refractivity contribution in [3.05, 3.63) is 211 Å². The summed E-state index contributed by atoms with van der Waals surface area (Å²) >= 11 is 0. The molecule has 54 heavy (non-hydrogen) atoms. The highest BCUT2D eigenvalue weighted by atomic mass is 15.1. The molecule has 0 saturated carbocycles. The average Bonchev–Trinajstić information content (AvgIpc) is 3.23. The lowest BCUT2D eigenvalue weighted by Gasteiger charge is -2.36. The van der Waals surface area contributed by atoms with Crippen LogP contribution in [-0.2, 0) is 5.41 Å². The molecule has 9 aromatic rings. The number of benzene rings is 9. The first-order chi connectivity index (χ1) is 26.5. The van der Waals surface area contributed by atoms with Crippen molar-refractivity contribution in [2.24, 2.45) is 0 Å². The maximum Gasteiger partial charge on any atom is 0.0462 e. The normalized spacial score (nSPS) is 12.8. The second-order valence-corrected chi connectivity index (χ2v) is 14.9. The summed E-state index contributed by atoms with van der Waals surface area (Å²) in [6, 6.07) is 73.3. The fraction of sp³-hybridized carbons (Fsp3) is 0.0566. The average molecular weight is 690 g/mol. The number of anilines is 3. The zero-order valence-electron chi connectivity index (χ0n) is 30.5. The van der Waals surface area contributed by atoms with Crippen LogP contribution in [0.25, 0.3) is 66.1 Å². The van der Waals surface area contributed by atoms with Crippen LogP contribution in [0.4, 0.5) is 17.1 Å². The van der Waals surface area contributed by atoms with Crippen molar-refractivity contribution in [2.75, 3.05) is 4.90 Å². The Hall–Kier alpha value is -6.70. The fourth-order valence-corrected chi connectivity index (χ4v) is 8.75. The SMILES string of the molecule is CC1(C)c2ccc(-c3ccc(N(c4ccccc4)c4ccc(-c5ccccc5)cc4)cc3)cc2-c2c(-c3cccc4ccccc34)ccc3cccc1c23. The number of nitrogens with zero attached hydrogens (tertiary/aromatic N) is 1. The predicted molar refractivity (Wildman–Crippen MR) is 230 cm³/mol. The molecule has 1 aliphatic carbocycles. The van der Waals surface area contributed by atoms with E-state index < -0.39 is 0 Å². The molecule has 1 aliphatic rings. The van der Waals surface area contributed by atoms with Crippen LogP contribution in [0.2, 0.25) is 0 Å². The Morgan fingerprint density at radius 2 is 0.907 bits per heavy atom. The first-order valence-electron chi connectivity index (χ1n) is 18.8. The van der Waals surface area contributed by atoms with Gasteiger partial charge in [0.1, 0.15) is 0 Å². The summed E-state index contributed by atoms with van der Waals surface area (Å²) in [6.45, 7) is 4.76. The van der Waals surface area contributed by atoms with Crippen LogP contribution in [-0.4, -0.2) is 0 Å². The van der Waals surface area contributed by atoms with Gasteiger partial charge in [0.2, 0.25) is 0 Å². The van der Waals surface area contributed by atoms with Gasteiger partial charge in [-0.25, -0.2) is 0 Å². The molecule has 10 rings (SSSR count). The molecule has 1 nitrogen and oxygen atoms in total. The Kier molecular flexibility index (Phi) is 7.56. The van der Waals surface area contributed by atoms with Gasteiger partial charge in [-0.05, 0) is 120 Å². The monoisotopic (exact) mass is 689 g/mol. The third kappa shape index (κ3) is 5.24. The van der Waals surface area contributed by atoms with Gasteiger partial charge >= 0.3 is 0 Å². The number of fused-ring (bicyclic) bond motifs is 3. The van der Waals surface area contributed by atoms with E-state index in [0.29, 0.717) is 0 Å². The zero-order valence-corrected chi connectivity index (χ0v) is 30.5. The van der Waals surface area contributed by atoms with E-state index in [0.717, 1.165) is 17.1 Å². The lowest BCUT2D eigenvalue weighted by atomic mass is 9.67. The largest absolute Gasteiger partial charge is 0.311 e. The van der Waals surface area contributed by atoms with E-state index in [1.807, 2.05) is 0 Å². The van der Waals surface area contributed by atoms with Crippen LogP contribution in [0.5, 0.6) is 0 Å². The van der Waals surface area contributed by atoms with Crippen LogP contribution in [0, 0.1) is 0 Å². The van der Waals surface area contributed by atoms with Crippen molar-refractivity contribution in [3.63, 3.8) is 0 Å². The van der Waals surface area contributed by atoms with Gasteiger partial charge in [0.15, 0.2) is 0 Å². The standard InChI is InChI=1S/C53H39N/c1-53(2)49-34-28-41(35-48(49)52-47(33-27-40-17-12-22-50(53)51(40)52)46-21-11-16-39-15-9-10-20-45(39)46)38-25-31-44(32-26-38)54(42-18-7-4-8-19-42)43-29-23-37(24-30-43)36-13-5-3-6-14-36/h3-35H,1-2H3. The first kappa shape index (κ1) is 32.0. The highest BCUT2D eigenvalue weighted by Crippen LogP contribution is 2.53. The Balaban J connectivity index is 1.09. The third-order valence-electron chi connectivity index (χ3n) is 11.5. The van der Waals surface area contributed by atoms with Crippen molar-refractivity contribution >= 4 is 38.6 Å². The first-order valence-corrected chi connectivity index (χ1v) is 18.8. The lowest BCUT2D eigenvalue weighted by molar-refractivity contribution is 0.645. The van der Waals surface area contributed by atoms with Gasteiger partial charge in [0.05, 0.1) is 0 Å². The Morgan fingerprint density at radius 3 is 1.65 bits per heavy atom. The quantitative estimate of drug-likeness (QED) is 0.168. The van der Waals surface area contributed by atoms with Crippen LogP contribution in [0.1, 0.15) is 25.0 Å². The van der Waals surface area contributed by atoms with Gasteiger partial charge in [-0.1, -0.05) is 172 Å². The molecule has 0 N–H and O–H groups in total. The van der Waals surface area contributed by atoms with Gasteiger partial charge in [0, 0.05) is 22.5 Å². The molecule has 0 aliphatic heterocycles. The molecule has 1 heteroatoms. The minimum absolute atomic E-state index is 0.145. The van der Waals surface area contributed by atoms with Crippen LogP contribution in [0.15, 0.2) is 200 Å². The van der Waals surface area contributed by atoms with Crippen molar-refractivity contribution in [3.8, 4) is 44.5 Å². The summed E-state index contributed by atoms with van der Waals surface area (Å²) in [5.41, 5.74) is 16.0. The zero-order chi connectivity index (χ0) is 36.2. The second-order valence-electron chi connectivity index (χ2n) is 14.9. The van der Waals surface area contributed by atoms with Crippen molar-refractivity contribution in [2.45, 2.75) is 19.3 Å². The van der Waals surface area contributed by atoms with Gasteiger partial charge in [-0.3, -0.25) is 0 Å². The van der Waals surface area contributed by atoms with E-state index in [9.17, 15) is 0 Å². The van der Waals surface area contributed by atoms with Crippen LogP contribution in [0.3, 0.4) is 0 Å². The van der Waals surface area contributed by atoms with Crippen molar-refractivity contribution in [1.82, 2.24) is 0 Å². The minimum atomic E-state index is -0.145. The molecular formula is C53H39N. The van der Waals surface area contributed by atoms with E-state index >= 15 is 0 Å².